The van der Waals surface area contributed by atoms with Gasteiger partial charge >= 0.3 is 115 Å². The summed E-state index contributed by atoms with van der Waals surface area (Å²) in [6.45, 7) is 0. The van der Waals surface area contributed by atoms with Crippen molar-refractivity contribution in [2.75, 3.05) is 0 Å². The van der Waals surface area contributed by atoms with Crippen molar-refractivity contribution in [1.82, 2.24) is 0 Å². The van der Waals surface area contributed by atoms with Crippen LogP contribution >= 0.6 is 0 Å². The van der Waals surface area contributed by atoms with E-state index in [1.165, 1.54) is 0 Å². The summed E-state index contributed by atoms with van der Waals surface area (Å²) in [4.78, 5) is 0. The van der Waals surface area contributed by atoms with Crippen LogP contribution < -0.4 is 0 Å². The van der Waals surface area contributed by atoms with Crippen LogP contribution in [0.25, 0.3) is 0 Å². The van der Waals surface area contributed by atoms with Crippen molar-refractivity contribution in [3.05, 3.63) is 0 Å². The van der Waals surface area contributed by atoms with E-state index in [1.807, 2.05) is 0 Å². The van der Waals surface area contributed by atoms with Gasteiger partial charge < -0.3 is 32.9 Å². The van der Waals surface area contributed by atoms with Crippen LogP contribution in [0.5, 0.6) is 0 Å². The Morgan fingerprint density at radius 3 is 0.333 bits per heavy atom. The van der Waals surface area contributed by atoms with Gasteiger partial charge in [0.25, 0.3) is 0 Å². The molecule has 0 saturated carbocycles. The minimum absolute atomic E-state index is 0. The monoisotopic (exact) mass is 441 g/mol. The van der Waals surface area contributed by atoms with Crippen LogP contribution in [0.2, 0.25) is 0 Å². The van der Waals surface area contributed by atoms with Gasteiger partial charge in [0.15, 0.2) is 0 Å². The molecule has 1 radical (unpaired) electrons. The van der Waals surface area contributed by atoms with Crippen LogP contribution in [-0.4, -0.2) is 131 Å². The molecule has 0 heterocycles. The van der Waals surface area contributed by atoms with E-state index in [0.717, 1.165) is 0 Å². The molecule has 6 N–H and O–H groups in total. The molecule has 9 heavy (non-hydrogen) atoms. The molecule has 6 nitrogen and oxygen atoms in total. The number of rotatable bonds is 0. The second-order valence-electron chi connectivity index (χ2n) is 0. The van der Waals surface area contributed by atoms with Crippen molar-refractivity contribution in [3.63, 3.8) is 0 Å². The quantitative estimate of drug-likeness (QED) is 0.400. The Hall–Kier alpha value is 3.42. The van der Waals surface area contributed by atoms with Gasteiger partial charge in [-0.2, -0.15) is 0 Å². The molecule has 0 bridgehead atoms. The Balaban J connectivity index is 0. The predicted octanol–water partition coefficient (Wildman–Crippen LogP) is -1.82. The first-order valence-corrected chi connectivity index (χ1v) is 0. The largest absolute Gasteiger partial charge is 2.00 e. The minimum Gasteiger partial charge on any atom is -0.870 e. The van der Waals surface area contributed by atoms with Gasteiger partial charge in [0.05, 0.1) is 0 Å². The van der Waals surface area contributed by atoms with E-state index in [4.69, 9.17) is 0 Å². The first kappa shape index (κ1) is 138. The van der Waals surface area contributed by atoms with Crippen molar-refractivity contribution in [3.8, 4) is 0 Å². The molecular formula is H6Ba2CuO6. The molecule has 0 aliphatic rings. The third kappa shape index (κ3) is 86.6. The Morgan fingerprint density at radius 2 is 0.333 bits per heavy atom. The van der Waals surface area contributed by atoms with E-state index in [-0.39, 0.29) is 148 Å². The Labute approximate surface area is 144 Å². The molecule has 9 heteroatoms. The van der Waals surface area contributed by atoms with E-state index < -0.39 is 0 Å². The van der Waals surface area contributed by atoms with Gasteiger partial charge in [0, 0.05) is 0 Å². The second kappa shape index (κ2) is 106. The predicted molar refractivity (Wildman–Crippen MR) is 23.1 cm³/mol. The van der Waals surface area contributed by atoms with Crippen LogP contribution in [0.3, 0.4) is 0 Å². The molecule has 57 valence electrons. The summed E-state index contributed by atoms with van der Waals surface area (Å²) in [5, 5.41) is 0. The molecular weight excluding hydrogens is 434 g/mol. The van der Waals surface area contributed by atoms with E-state index in [2.05, 4.69) is 0 Å². The molecule has 0 aromatic carbocycles. The van der Waals surface area contributed by atoms with Crippen molar-refractivity contribution in [2.24, 2.45) is 0 Å². The average molecular weight is 440 g/mol. The molecule has 0 atom stereocenters. The molecule has 0 fully saturated rings. The summed E-state index contributed by atoms with van der Waals surface area (Å²) < 4.78 is 0. The van der Waals surface area contributed by atoms with Crippen molar-refractivity contribution in [1.29, 1.82) is 0 Å². The molecule has 0 saturated heterocycles. The molecule has 0 aliphatic carbocycles. The molecule has 0 aromatic heterocycles. The second-order valence-corrected chi connectivity index (χ2v) is 0. The summed E-state index contributed by atoms with van der Waals surface area (Å²) in [5.41, 5.74) is 0. The molecule has 0 amide bonds. The number of hydrogen-bond acceptors (Lipinski definition) is 6. The van der Waals surface area contributed by atoms with E-state index in [0.29, 0.717) is 0 Å². The van der Waals surface area contributed by atoms with Crippen LogP contribution in [0.15, 0.2) is 0 Å². The van der Waals surface area contributed by atoms with Crippen LogP contribution in [0, 0.1) is 0 Å². The maximum absolute atomic E-state index is 0. The Morgan fingerprint density at radius 1 is 0.333 bits per heavy atom. The normalized spacial score (nSPS) is 0. The third-order valence-corrected chi connectivity index (χ3v) is 0. The van der Waals surface area contributed by atoms with Crippen molar-refractivity contribution in [2.45, 2.75) is 0 Å². The van der Waals surface area contributed by atoms with Crippen molar-refractivity contribution < 1.29 is 49.9 Å². The van der Waals surface area contributed by atoms with Gasteiger partial charge in [-0.25, -0.2) is 0 Å². The maximum Gasteiger partial charge on any atom is 2.00 e. The zero-order chi connectivity index (χ0) is 0. The Bertz CT molecular complexity index is 11.0. The van der Waals surface area contributed by atoms with Crippen molar-refractivity contribution >= 4 is 97.8 Å². The molecule has 0 rings (SSSR count). The SMILES string of the molecule is [Ba+2].[Ba+2].[Cu+2].[OH-].[OH-].[OH-].[OH-].[OH-].[OH-]. The minimum atomic E-state index is 0. The number of hydrogen-bond donors (Lipinski definition) is 0. The summed E-state index contributed by atoms with van der Waals surface area (Å²) in [5.74, 6) is 0. The average Bonchev–Trinajstić information content (AvgIpc) is 0. The summed E-state index contributed by atoms with van der Waals surface area (Å²) in [6, 6.07) is 0. The molecule has 0 aliphatic heterocycles. The maximum atomic E-state index is 0. The molecule has 0 aromatic rings. The van der Waals surface area contributed by atoms with Gasteiger partial charge in [-0.05, 0) is 0 Å². The van der Waals surface area contributed by atoms with E-state index >= 15 is 0 Å². The van der Waals surface area contributed by atoms with Gasteiger partial charge in [0.1, 0.15) is 0 Å². The fourth-order valence-electron chi connectivity index (χ4n) is 0. The zero-order valence-electron chi connectivity index (χ0n) is 4.40. The van der Waals surface area contributed by atoms with Crippen LogP contribution in [0.4, 0.5) is 0 Å². The van der Waals surface area contributed by atoms with Gasteiger partial charge in [-0.3, -0.25) is 0 Å². The smallest absolute Gasteiger partial charge is 0.870 e. The fourth-order valence-corrected chi connectivity index (χ4v) is 0. The third-order valence-electron chi connectivity index (χ3n) is 0. The fraction of sp³-hybridized carbons (Fsp3) is 0. The topological polar surface area (TPSA) is 180 Å². The van der Waals surface area contributed by atoms with Crippen LogP contribution in [-0.2, 0) is 17.1 Å². The van der Waals surface area contributed by atoms with Gasteiger partial charge in [-0.15, -0.1) is 0 Å². The molecule has 0 spiro atoms. The molecule has 0 unspecified atom stereocenters. The summed E-state index contributed by atoms with van der Waals surface area (Å²) >= 11 is 0. The van der Waals surface area contributed by atoms with E-state index in [9.17, 15) is 0 Å². The first-order valence-electron chi connectivity index (χ1n) is 0. The van der Waals surface area contributed by atoms with Gasteiger partial charge in [-0.1, -0.05) is 0 Å². The summed E-state index contributed by atoms with van der Waals surface area (Å²) in [7, 11) is 0. The first-order chi connectivity index (χ1) is 0. The summed E-state index contributed by atoms with van der Waals surface area (Å²) in [6.07, 6.45) is 0. The Kier molecular flexibility index (Phi) is 1630. The van der Waals surface area contributed by atoms with Crippen LogP contribution in [0.1, 0.15) is 0 Å². The zero-order valence-corrected chi connectivity index (χ0v) is 14.2. The van der Waals surface area contributed by atoms with Gasteiger partial charge in [0.2, 0.25) is 0 Å². The standard InChI is InChI=1S/2Ba.Cu.6H2O/h;;;6*1H2/q3*+2;;;;;;/p-6. The van der Waals surface area contributed by atoms with E-state index in [1.54, 1.807) is 0 Å².